The first-order chi connectivity index (χ1) is 11.3. The van der Waals surface area contributed by atoms with Gasteiger partial charge < -0.3 is 9.84 Å². The number of aliphatic carboxylic acids is 1. The van der Waals surface area contributed by atoms with Gasteiger partial charge in [0.15, 0.2) is 0 Å². The highest BCUT2D eigenvalue weighted by Crippen LogP contribution is 2.32. The summed E-state index contributed by atoms with van der Waals surface area (Å²) >= 11 is 11.8. The molecule has 6 nitrogen and oxygen atoms in total. The minimum atomic E-state index is -4.11. The fourth-order valence-electron chi connectivity index (χ4n) is 1.98. The summed E-state index contributed by atoms with van der Waals surface area (Å²) in [6, 6.07) is 9.64. The molecule has 0 spiro atoms. The molecule has 0 aromatic heterocycles. The van der Waals surface area contributed by atoms with Crippen molar-refractivity contribution in [2.24, 2.45) is 0 Å². The number of carboxylic acids is 1. The average Bonchev–Trinajstić information content (AvgIpc) is 2.52. The molecule has 2 rings (SSSR count). The summed E-state index contributed by atoms with van der Waals surface area (Å²) in [5, 5.41) is 9.62. The highest BCUT2D eigenvalue weighted by atomic mass is 35.5. The van der Waals surface area contributed by atoms with E-state index in [9.17, 15) is 13.2 Å². The van der Waals surface area contributed by atoms with E-state index in [0.717, 1.165) is 4.31 Å². The Morgan fingerprint density at radius 3 is 2.29 bits per heavy atom. The number of hydrogen-bond donors (Lipinski definition) is 1. The normalized spacial score (nSPS) is 11.1. The van der Waals surface area contributed by atoms with Gasteiger partial charge in [-0.3, -0.25) is 9.10 Å². The minimum absolute atomic E-state index is 0.0832. The van der Waals surface area contributed by atoms with Crippen molar-refractivity contribution in [2.75, 3.05) is 18.0 Å². The third-order valence-corrected chi connectivity index (χ3v) is 5.44. The molecular formula is C15H13Cl2NO5S. The first-order valence-corrected chi connectivity index (χ1v) is 8.79. The van der Waals surface area contributed by atoms with Crippen LogP contribution in [0.3, 0.4) is 0 Å². The molecule has 1 N–H and O–H groups in total. The molecule has 9 heteroatoms. The molecule has 0 fully saturated rings. The molecule has 0 unspecified atom stereocenters. The zero-order chi connectivity index (χ0) is 17.9. The Morgan fingerprint density at radius 2 is 1.79 bits per heavy atom. The van der Waals surface area contributed by atoms with E-state index in [2.05, 4.69) is 0 Å². The smallest absolute Gasteiger partial charge is 0.324 e. The molecular weight excluding hydrogens is 377 g/mol. The summed E-state index contributed by atoms with van der Waals surface area (Å²) in [6.07, 6.45) is 0. The number of carbonyl (C=O) groups is 1. The Labute approximate surface area is 149 Å². The molecule has 2 aromatic rings. The maximum Gasteiger partial charge on any atom is 0.324 e. The topological polar surface area (TPSA) is 83.9 Å². The lowest BCUT2D eigenvalue weighted by atomic mass is 10.3. The lowest BCUT2D eigenvalue weighted by Gasteiger charge is -2.23. The van der Waals surface area contributed by atoms with Crippen LogP contribution in [-0.4, -0.2) is 33.1 Å². The Balaban J connectivity index is 2.54. The second-order valence-corrected chi connectivity index (χ2v) is 7.38. The predicted octanol–water partition coefficient (Wildman–Crippen LogP) is 3.28. The molecule has 0 amide bonds. The first-order valence-electron chi connectivity index (χ1n) is 6.59. The lowest BCUT2D eigenvalue weighted by molar-refractivity contribution is -0.135. The Bertz CT molecular complexity index is 853. The van der Waals surface area contributed by atoms with Crippen molar-refractivity contribution in [3.63, 3.8) is 0 Å². The molecule has 0 aliphatic heterocycles. The van der Waals surface area contributed by atoms with Crippen molar-refractivity contribution in [3.8, 4) is 5.75 Å². The van der Waals surface area contributed by atoms with Crippen molar-refractivity contribution < 1.29 is 23.1 Å². The van der Waals surface area contributed by atoms with Crippen LogP contribution < -0.4 is 9.04 Å². The molecule has 0 aliphatic rings. The van der Waals surface area contributed by atoms with Gasteiger partial charge in [0.2, 0.25) is 0 Å². The zero-order valence-corrected chi connectivity index (χ0v) is 14.8. The predicted molar refractivity (Wildman–Crippen MR) is 91.6 cm³/mol. The van der Waals surface area contributed by atoms with E-state index < -0.39 is 22.5 Å². The number of rotatable bonds is 6. The van der Waals surface area contributed by atoms with Gasteiger partial charge in [-0.1, -0.05) is 23.2 Å². The van der Waals surface area contributed by atoms with E-state index in [1.807, 2.05) is 0 Å². The molecule has 0 radical (unpaired) electrons. The number of halogens is 2. The second kappa shape index (κ2) is 7.29. The van der Waals surface area contributed by atoms with Crippen molar-refractivity contribution in [1.29, 1.82) is 0 Å². The van der Waals surface area contributed by atoms with Crippen LogP contribution in [0, 0.1) is 0 Å². The summed E-state index contributed by atoms with van der Waals surface area (Å²) < 4.78 is 31.3. The van der Waals surface area contributed by atoms with E-state index in [4.69, 9.17) is 33.0 Å². The van der Waals surface area contributed by atoms with Gasteiger partial charge in [-0.15, -0.1) is 0 Å². The van der Waals surface area contributed by atoms with E-state index in [1.165, 1.54) is 49.6 Å². The first kappa shape index (κ1) is 18.4. The number of carboxylic acid groups (broad SMARTS) is 1. The van der Waals surface area contributed by atoms with Crippen LogP contribution in [0.4, 0.5) is 5.69 Å². The number of ether oxygens (including phenoxy) is 1. The maximum absolute atomic E-state index is 12.8. The van der Waals surface area contributed by atoms with Gasteiger partial charge in [0.1, 0.15) is 12.3 Å². The van der Waals surface area contributed by atoms with E-state index in [1.54, 1.807) is 0 Å². The summed E-state index contributed by atoms with van der Waals surface area (Å²) in [6.45, 7) is -0.756. The van der Waals surface area contributed by atoms with Crippen LogP contribution in [0.2, 0.25) is 10.0 Å². The molecule has 0 aliphatic carbocycles. The summed E-state index contributed by atoms with van der Waals surface area (Å²) in [5.41, 5.74) is 0.109. The fourth-order valence-corrected chi connectivity index (χ4v) is 3.77. The third-order valence-electron chi connectivity index (χ3n) is 3.10. The SMILES string of the molecule is COc1ccc(N(CC(=O)O)S(=O)(=O)c2ccc(Cl)cc2)cc1Cl. The molecule has 2 aromatic carbocycles. The standard InChI is InChI=1S/C15H13Cl2NO5S/c1-23-14-7-4-11(8-13(14)17)18(9-15(19)20)24(21,22)12-5-2-10(16)3-6-12/h2-8H,9H2,1H3,(H,19,20). The van der Waals surface area contributed by atoms with E-state index in [0.29, 0.717) is 10.8 Å². The van der Waals surface area contributed by atoms with E-state index >= 15 is 0 Å². The van der Waals surface area contributed by atoms with Gasteiger partial charge in [0.05, 0.1) is 22.7 Å². The molecule has 0 atom stereocenters. The van der Waals surface area contributed by atoms with Gasteiger partial charge >= 0.3 is 5.97 Å². The molecule has 0 saturated heterocycles. The van der Waals surface area contributed by atoms with Crippen molar-refractivity contribution >= 4 is 44.9 Å². The molecule has 0 saturated carbocycles. The largest absolute Gasteiger partial charge is 0.495 e. The number of nitrogens with zero attached hydrogens (tertiary/aromatic N) is 1. The van der Waals surface area contributed by atoms with Crippen LogP contribution >= 0.6 is 23.2 Å². The summed E-state index contributed by atoms with van der Waals surface area (Å²) in [5.74, 6) is -0.959. The Kier molecular flexibility index (Phi) is 5.58. The van der Waals surface area contributed by atoms with Crippen molar-refractivity contribution in [1.82, 2.24) is 0 Å². The lowest BCUT2D eigenvalue weighted by Crippen LogP contribution is -2.35. The Morgan fingerprint density at radius 1 is 1.17 bits per heavy atom. The summed E-state index contributed by atoms with van der Waals surface area (Å²) in [7, 11) is -2.69. The highest BCUT2D eigenvalue weighted by molar-refractivity contribution is 7.92. The fraction of sp³-hybridized carbons (Fsp3) is 0.133. The zero-order valence-electron chi connectivity index (χ0n) is 12.4. The molecule has 128 valence electrons. The number of methoxy groups -OCH3 is 1. The quantitative estimate of drug-likeness (QED) is 0.819. The van der Waals surface area contributed by atoms with E-state index in [-0.39, 0.29) is 15.6 Å². The van der Waals surface area contributed by atoms with Crippen molar-refractivity contribution in [3.05, 3.63) is 52.5 Å². The van der Waals surface area contributed by atoms with Crippen LogP contribution in [0.25, 0.3) is 0 Å². The van der Waals surface area contributed by atoms with Crippen LogP contribution in [0.5, 0.6) is 5.75 Å². The van der Waals surface area contributed by atoms with Gasteiger partial charge in [0.25, 0.3) is 10.0 Å². The van der Waals surface area contributed by atoms with Crippen LogP contribution in [-0.2, 0) is 14.8 Å². The van der Waals surface area contributed by atoms with Gasteiger partial charge in [-0.25, -0.2) is 8.42 Å². The number of benzene rings is 2. The van der Waals surface area contributed by atoms with Crippen LogP contribution in [0.1, 0.15) is 0 Å². The van der Waals surface area contributed by atoms with Gasteiger partial charge in [-0.2, -0.15) is 0 Å². The second-order valence-electron chi connectivity index (χ2n) is 4.68. The summed E-state index contributed by atoms with van der Waals surface area (Å²) in [4.78, 5) is 11.1. The third kappa shape index (κ3) is 3.92. The minimum Gasteiger partial charge on any atom is -0.495 e. The highest BCUT2D eigenvalue weighted by Gasteiger charge is 2.27. The average molecular weight is 390 g/mol. The number of sulfonamides is 1. The van der Waals surface area contributed by atoms with Gasteiger partial charge in [0, 0.05) is 5.02 Å². The monoisotopic (exact) mass is 389 g/mol. The molecule has 0 heterocycles. The number of hydrogen-bond acceptors (Lipinski definition) is 4. The van der Waals surface area contributed by atoms with Crippen molar-refractivity contribution in [2.45, 2.75) is 4.90 Å². The number of anilines is 1. The Hall–Kier alpha value is -1.96. The molecule has 0 bridgehead atoms. The van der Waals surface area contributed by atoms with Crippen LogP contribution in [0.15, 0.2) is 47.4 Å². The molecule has 24 heavy (non-hydrogen) atoms. The maximum atomic E-state index is 12.8. The van der Waals surface area contributed by atoms with Gasteiger partial charge in [-0.05, 0) is 42.5 Å².